The van der Waals surface area contributed by atoms with Gasteiger partial charge in [-0.3, -0.25) is 0 Å². The van der Waals surface area contributed by atoms with E-state index in [2.05, 4.69) is 84.8 Å². The molecule has 0 saturated carbocycles. The van der Waals surface area contributed by atoms with E-state index in [1.54, 1.807) is 0 Å². The summed E-state index contributed by atoms with van der Waals surface area (Å²) >= 11 is 0. The third kappa shape index (κ3) is 3.11. The summed E-state index contributed by atoms with van der Waals surface area (Å²) in [6, 6.07) is 19.8. The van der Waals surface area contributed by atoms with Crippen molar-refractivity contribution in [2.45, 2.75) is 40.3 Å². The summed E-state index contributed by atoms with van der Waals surface area (Å²) in [6.07, 6.45) is 3.05. The lowest BCUT2D eigenvalue weighted by Gasteiger charge is -2.30. The summed E-state index contributed by atoms with van der Waals surface area (Å²) in [5.41, 5.74) is 9.48. The van der Waals surface area contributed by atoms with Crippen molar-refractivity contribution in [3.8, 4) is 0 Å². The van der Waals surface area contributed by atoms with E-state index >= 15 is 0 Å². The molecule has 0 fully saturated rings. The van der Waals surface area contributed by atoms with Gasteiger partial charge in [-0.05, 0) is 55.5 Å². The van der Waals surface area contributed by atoms with Gasteiger partial charge in [-0.1, -0.05) is 54.1 Å². The molecular formula is C26H27N3. The molecule has 2 aromatic carbocycles. The number of hydrogen-bond acceptors (Lipinski definition) is 2. The molecule has 3 heterocycles. The Kier molecular flexibility index (Phi) is 4.39. The molecule has 146 valence electrons. The van der Waals surface area contributed by atoms with Gasteiger partial charge in [0.25, 0.3) is 0 Å². The van der Waals surface area contributed by atoms with Crippen LogP contribution in [-0.4, -0.2) is 16.1 Å². The number of aryl methyl sites for hydroxylation is 2. The number of fused-ring (bicyclic) bond motifs is 2. The maximum Gasteiger partial charge on any atom is 0.153 e. The van der Waals surface area contributed by atoms with Gasteiger partial charge in [-0.25, -0.2) is 4.98 Å². The first-order valence-electron chi connectivity index (χ1n) is 10.4. The molecule has 0 N–H and O–H groups in total. The summed E-state index contributed by atoms with van der Waals surface area (Å²) in [4.78, 5) is 7.34. The van der Waals surface area contributed by atoms with Gasteiger partial charge in [0.1, 0.15) is 0 Å². The lowest BCUT2D eigenvalue weighted by atomic mass is 10.00. The van der Waals surface area contributed by atoms with Crippen LogP contribution in [0.3, 0.4) is 0 Å². The average molecular weight is 382 g/mol. The number of anilines is 1. The van der Waals surface area contributed by atoms with Crippen molar-refractivity contribution in [2.75, 3.05) is 11.4 Å². The van der Waals surface area contributed by atoms with Crippen LogP contribution in [0.25, 0.3) is 10.9 Å². The van der Waals surface area contributed by atoms with Gasteiger partial charge >= 0.3 is 0 Å². The Bertz CT molecular complexity index is 1200. The quantitative estimate of drug-likeness (QED) is 0.462. The van der Waals surface area contributed by atoms with E-state index in [1.807, 2.05) is 6.20 Å². The first kappa shape index (κ1) is 18.0. The van der Waals surface area contributed by atoms with E-state index in [0.717, 1.165) is 31.9 Å². The zero-order chi connectivity index (χ0) is 20.0. The fourth-order valence-electron chi connectivity index (χ4n) is 4.68. The Morgan fingerprint density at radius 1 is 0.931 bits per heavy atom. The lowest BCUT2D eigenvalue weighted by molar-refractivity contribution is 0.717. The van der Waals surface area contributed by atoms with Crippen LogP contribution in [0.5, 0.6) is 0 Å². The Balaban J connectivity index is 1.63. The summed E-state index contributed by atoms with van der Waals surface area (Å²) in [6.45, 7) is 9.45. The number of aromatic nitrogens is 2. The second-order valence-corrected chi connectivity index (χ2v) is 8.26. The molecule has 0 radical (unpaired) electrons. The predicted molar refractivity (Wildman–Crippen MR) is 121 cm³/mol. The zero-order valence-corrected chi connectivity index (χ0v) is 17.4. The van der Waals surface area contributed by atoms with Crippen LogP contribution in [0.4, 0.5) is 5.82 Å². The van der Waals surface area contributed by atoms with Crippen molar-refractivity contribution in [1.29, 1.82) is 0 Å². The lowest BCUT2D eigenvalue weighted by Crippen LogP contribution is -2.31. The van der Waals surface area contributed by atoms with Gasteiger partial charge in [-0.15, -0.1) is 0 Å². The number of hydrogen-bond donors (Lipinski definition) is 0. The maximum atomic E-state index is 4.88. The summed E-state index contributed by atoms with van der Waals surface area (Å²) in [7, 11) is 0. The third-order valence-corrected chi connectivity index (χ3v) is 6.38. The predicted octanol–water partition coefficient (Wildman–Crippen LogP) is 5.57. The molecule has 0 unspecified atom stereocenters. The van der Waals surface area contributed by atoms with E-state index in [4.69, 9.17) is 4.98 Å². The molecule has 3 nitrogen and oxygen atoms in total. The van der Waals surface area contributed by atoms with Crippen LogP contribution in [0.15, 0.2) is 60.8 Å². The van der Waals surface area contributed by atoms with Crippen molar-refractivity contribution < 1.29 is 0 Å². The Morgan fingerprint density at radius 3 is 2.59 bits per heavy atom. The molecule has 1 aliphatic rings. The summed E-state index contributed by atoms with van der Waals surface area (Å²) < 4.78 is 2.46. The molecule has 3 heteroatoms. The van der Waals surface area contributed by atoms with E-state index in [-0.39, 0.29) is 0 Å². The average Bonchev–Trinajstić information content (AvgIpc) is 2.98. The molecule has 5 rings (SSSR count). The number of pyridine rings is 1. The van der Waals surface area contributed by atoms with Gasteiger partial charge in [0.2, 0.25) is 0 Å². The minimum Gasteiger partial charge on any atom is -0.350 e. The Labute approximate surface area is 172 Å². The normalized spacial score (nSPS) is 13.7. The molecule has 1 aliphatic heterocycles. The second-order valence-electron chi connectivity index (χ2n) is 8.26. The highest BCUT2D eigenvalue weighted by atomic mass is 15.2. The minimum atomic E-state index is 0.876. The van der Waals surface area contributed by atoms with Crippen molar-refractivity contribution in [2.24, 2.45) is 0 Å². The first-order valence-corrected chi connectivity index (χ1v) is 10.4. The fourth-order valence-corrected chi connectivity index (χ4v) is 4.68. The molecule has 0 saturated heterocycles. The van der Waals surface area contributed by atoms with Crippen LogP contribution >= 0.6 is 0 Å². The van der Waals surface area contributed by atoms with Crippen LogP contribution in [0.1, 0.15) is 33.5 Å². The molecule has 0 atom stereocenters. The molecule has 0 aliphatic carbocycles. The highest BCUT2D eigenvalue weighted by Crippen LogP contribution is 2.34. The van der Waals surface area contributed by atoms with Gasteiger partial charge in [-0.2, -0.15) is 0 Å². The molecule has 0 spiro atoms. The van der Waals surface area contributed by atoms with Crippen molar-refractivity contribution >= 4 is 16.7 Å². The van der Waals surface area contributed by atoms with Crippen LogP contribution in [0, 0.1) is 20.8 Å². The largest absolute Gasteiger partial charge is 0.350 e. The highest BCUT2D eigenvalue weighted by Gasteiger charge is 2.22. The molecule has 0 amide bonds. The highest BCUT2D eigenvalue weighted by molar-refractivity contribution is 5.93. The third-order valence-electron chi connectivity index (χ3n) is 6.38. The molecule has 0 bridgehead atoms. The van der Waals surface area contributed by atoms with Gasteiger partial charge in [0.05, 0.1) is 5.52 Å². The van der Waals surface area contributed by atoms with Crippen LogP contribution in [-0.2, 0) is 19.5 Å². The van der Waals surface area contributed by atoms with Gasteiger partial charge < -0.3 is 9.47 Å². The zero-order valence-electron chi connectivity index (χ0n) is 17.4. The maximum absolute atomic E-state index is 4.88. The monoisotopic (exact) mass is 381 g/mol. The topological polar surface area (TPSA) is 21.1 Å². The van der Waals surface area contributed by atoms with Crippen molar-refractivity contribution in [3.63, 3.8) is 0 Å². The summed E-state index contributed by atoms with van der Waals surface area (Å²) in [5.74, 6) is 1.11. The standard InChI is InChI=1S/C26H27N3/c1-18-7-6-8-21(15-18)16-29-20(3)19(2)24-11-13-27-26(25(24)29)28-14-12-22-9-4-5-10-23(22)17-28/h4-11,13,15H,12,14,16-17H2,1-3H3. The van der Waals surface area contributed by atoms with Gasteiger partial charge in [0, 0.05) is 36.9 Å². The van der Waals surface area contributed by atoms with E-state index in [0.29, 0.717) is 0 Å². The fraction of sp³-hybridized carbons (Fsp3) is 0.269. The van der Waals surface area contributed by atoms with E-state index < -0.39 is 0 Å². The molecule has 4 aromatic rings. The summed E-state index contributed by atoms with van der Waals surface area (Å²) in [5, 5.41) is 1.32. The smallest absolute Gasteiger partial charge is 0.153 e. The Hall–Kier alpha value is -3.07. The molecule has 29 heavy (non-hydrogen) atoms. The molecular weight excluding hydrogens is 354 g/mol. The number of benzene rings is 2. The number of nitrogens with zero attached hydrogens (tertiary/aromatic N) is 3. The van der Waals surface area contributed by atoms with Crippen LogP contribution < -0.4 is 4.90 Å². The van der Waals surface area contributed by atoms with Gasteiger partial charge in [0.15, 0.2) is 5.82 Å². The first-order chi connectivity index (χ1) is 14.1. The second kappa shape index (κ2) is 7.07. The number of rotatable bonds is 3. The Morgan fingerprint density at radius 2 is 1.76 bits per heavy atom. The van der Waals surface area contributed by atoms with E-state index in [1.165, 1.54) is 44.4 Å². The molecule has 2 aromatic heterocycles. The van der Waals surface area contributed by atoms with Crippen LogP contribution in [0.2, 0.25) is 0 Å². The minimum absolute atomic E-state index is 0.876. The van der Waals surface area contributed by atoms with Crippen molar-refractivity contribution in [3.05, 3.63) is 94.3 Å². The SMILES string of the molecule is Cc1cccc(Cn2c(C)c(C)c3ccnc(N4CCc5ccccc5C4)c32)c1. The van der Waals surface area contributed by atoms with Crippen molar-refractivity contribution in [1.82, 2.24) is 9.55 Å². The van der Waals surface area contributed by atoms with E-state index in [9.17, 15) is 0 Å².